The first-order chi connectivity index (χ1) is 10.9. The average molecular weight is 315 g/mol. The van der Waals surface area contributed by atoms with Gasteiger partial charge in [0.25, 0.3) is 5.91 Å². The molecule has 2 heterocycles. The lowest BCUT2D eigenvalue weighted by Crippen LogP contribution is -2.43. The Bertz CT molecular complexity index is 752. The number of piperidine rings is 1. The number of amides is 1. The van der Waals surface area contributed by atoms with Gasteiger partial charge in [0.15, 0.2) is 5.76 Å². The molecule has 1 aliphatic rings. The number of aliphatic hydroxyl groups is 1. The molecule has 1 aromatic carbocycles. The van der Waals surface area contributed by atoms with Crippen molar-refractivity contribution in [2.45, 2.75) is 40.5 Å². The summed E-state index contributed by atoms with van der Waals surface area (Å²) in [5, 5.41) is 10.5. The van der Waals surface area contributed by atoms with Crippen molar-refractivity contribution in [2.75, 3.05) is 19.7 Å². The predicted octanol–water partition coefficient (Wildman–Crippen LogP) is 3.59. The zero-order chi connectivity index (χ0) is 16.8. The van der Waals surface area contributed by atoms with Crippen molar-refractivity contribution >= 4 is 16.9 Å². The number of furan rings is 1. The number of aryl methyl sites for hydroxylation is 3. The first-order valence-corrected chi connectivity index (χ1v) is 8.26. The van der Waals surface area contributed by atoms with Crippen molar-refractivity contribution in [3.05, 3.63) is 34.6 Å². The van der Waals surface area contributed by atoms with Crippen LogP contribution in [0.3, 0.4) is 0 Å². The highest BCUT2D eigenvalue weighted by Gasteiger charge is 2.33. The molecule has 3 rings (SSSR count). The highest BCUT2D eigenvalue weighted by molar-refractivity contribution is 6.00. The van der Waals surface area contributed by atoms with E-state index in [-0.39, 0.29) is 17.9 Å². The van der Waals surface area contributed by atoms with Gasteiger partial charge in [0.1, 0.15) is 5.58 Å². The molecular formula is C19H25NO3. The van der Waals surface area contributed by atoms with Crippen LogP contribution in [-0.4, -0.2) is 35.6 Å². The SMILES string of the molecule is Cc1ccc(C)c2c(C)c(C(=O)N3CCC(C)(CO)CC3)oc12. The zero-order valence-electron chi connectivity index (χ0n) is 14.4. The Morgan fingerprint density at radius 2 is 1.83 bits per heavy atom. The molecule has 1 aliphatic heterocycles. The maximum atomic E-state index is 12.9. The molecule has 0 atom stereocenters. The number of fused-ring (bicyclic) bond motifs is 1. The molecule has 1 amide bonds. The fourth-order valence-corrected chi connectivity index (χ4v) is 3.43. The smallest absolute Gasteiger partial charge is 0.289 e. The van der Waals surface area contributed by atoms with Gasteiger partial charge in [-0.3, -0.25) is 4.79 Å². The molecule has 23 heavy (non-hydrogen) atoms. The molecule has 0 bridgehead atoms. The largest absolute Gasteiger partial charge is 0.450 e. The van der Waals surface area contributed by atoms with Crippen molar-refractivity contribution in [3.63, 3.8) is 0 Å². The molecule has 1 fully saturated rings. The average Bonchev–Trinajstić information content (AvgIpc) is 2.90. The molecule has 0 aliphatic carbocycles. The minimum Gasteiger partial charge on any atom is -0.450 e. The van der Waals surface area contributed by atoms with Crippen LogP contribution in [0.2, 0.25) is 0 Å². The van der Waals surface area contributed by atoms with E-state index in [0.29, 0.717) is 18.8 Å². The molecule has 124 valence electrons. The second kappa shape index (κ2) is 5.68. The Kier molecular flexibility index (Phi) is 3.96. The van der Waals surface area contributed by atoms with Crippen LogP contribution < -0.4 is 0 Å². The number of likely N-dealkylation sites (tertiary alicyclic amines) is 1. The molecule has 1 N–H and O–H groups in total. The van der Waals surface area contributed by atoms with Crippen LogP contribution in [0.1, 0.15) is 47.0 Å². The van der Waals surface area contributed by atoms with Gasteiger partial charge in [-0.05, 0) is 50.2 Å². The number of aliphatic hydroxyl groups excluding tert-OH is 1. The Morgan fingerprint density at radius 1 is 1.22 bits per heavy atom. The van der Waals surface area contributed by atoms with Crippen LogP contribution in [-0.2, 0) is 0 Å². The first-order valence-electron chi connectivity index (χ1n) is 8.26. The number of benzene rings is 1. The van der Waals surface area contributed by atoms with Crippen molar-refractivity contribution in [1.82, 2.24) is 4.90 Å². The number of rotatable bonds is 2. The Hall–Kier alpha value is -1.81. The predicted molar refractivity (Wildman–Crippen MR) is 90.8 cm³/mol. The Labute approximate surface area is 137 Å². The van der Waals surface area contributed by atoms with E-state index < -0.39 is 0 Å². The highest BCUT2D eigenvalue weighted by atomic mass is 16.3. The summed E-state index contributed by atoms with van der Waals surface area (Å²) in [6.07, 6.45) is 1.65. The summed E-state index contributed by atoms with van der Waals surface area (Å²) in [6.45, 7) is 9.62. The molecule has 1 aromatic heterocycles. The van der Waals surface area contributed by atoms with E-state index in [1.807, 2.05) is 31.7 Å². The quantitative estimate of drug-likeness (QED) is 0.921. The van der Waals surface area contributed by atoms with Crippen LogP contribution in [0.25, 0.3) is 11.0 Å². The second-order valence-electron chi connectivity index (χ2n) is 7.22. The van der Waals surface area contributed by atoms with Gasteiger partial charge in [-0.2, -0.15) is 0 Å². The molecular weight excluding hydrogens is 290 g/mol. The lowest BCUT2D eigenvalue weighted by Gasteiger charge is -2.37. The van der Waals surface area contributed by atoms with Gasteiger partial charge in [-0.25, -0.2) is 0 Å². The molecule has 4 heteroatoms. The molecule has 0 unspecified atom stereocenters. The summed E-state index contributed by atoms with van der Waals surface area (Å²) < 4.78 is 5.96. The third-order valence-electron chi connectivity index (χ3n) is 5.32. The van der Waals surface area contributed by atoms with Gasteiger partial charge in [0.2, 0.25) is 0 Å². The number of hydrogen-bond acceptors (Lipinski definition) is 3. The van der Waals surface area contributed by atoms with Gasteiger partial charge < -0.3 is 14.4 Å². The van der Waals surface area contributed by atoms with Gasteiger partial charge >= 0.3 is 0 Å². The van der Waals surface area contributed by atoms with Crippen LogP contribution in [0.4, 0.5) is 0 Å². The summed E-state index contributed by atoms with van der Waals surface area (Å²) >= 11 is 0. The van der Waals surface area contributed by atoms with E-state index in [9.17, 15) is 9.90 Å². The molecule has 2 aromatic rings. The number of hydrogen-bond donors (Lipinski definition) is 1. The second-order valence-corrected chi connectivity index (χ2v) is 7.22. The van der Waals surface area contributed by atoms with Crippen LogP contribution >= 0.6 is 0 Å². The minimum atomic E-state index is -0.0626. The van der Waals surface area contributed by atoms with Crippen LogP contribution in [0, 0.1) is 26.2 Å². The van der Waals surface area contributed by atoms with Crippen LogP contribution in [0.15, 0.2) is 16.5 Å². The van der Waals surface area contributed by atoms with E-state index in [4.69, 9.17) is 4.42 Å². The standard InChI is InChI=1S/C19H25NO3/c1-12-5-6-13(2)16-15(12)14(3)17(23-16)18(22)20-9-7-19(4,11-21)8-10-20/h5-6,21H,7-11H2,1-4H3. The van der Waals surface area contributed by atoms with E-state index in [2.05, 4.69) is 13.0 Å². The minimum absolute atomic E-state index is 0.0301. The topological polar surface area (TPSA) is 53.7 Å². The molecule has 1 saturated heterocycles. The number of nitrogens with zero attached hydrogens (tertiary/aromatic N) is 1. The number of carbonyl (C=O) groups is 1. The molecule has 0 saturated carbocycles. The Balaban J connectivity index is 1.92. The van der Waals surface area contributed by atoms with E-state index in [1.165, 1.54) is 0 Å². The van der Waals surface area contributed by atoms with Gasteiger partial charge in [0.05, 0.1) is 0 Å². The van der Waals surface area contributed by atoms with E-state index in [0.717, 1.165) is 40.5 Å². The number of carbonyl (C=O) groups excluding carboxylic acids is 1. The zero-order valence-corrected chi connectivity index (χ0v) is 14.4. The maximum absolute atomic E-state index is 12.9. The lowest BCUT2D eigenvalue weighted by atomic mass is 9.81. The fourth-order valence-electron chi connectivity index (χ4n) is 3.43. The van der Waals surface area contributed by atoms with Gasteiger partial charge in [-0.1, -0.05) is 19.1 Å². The highest BCUT2D eigenvalue weighted by Crippen LogP contribution is 2.34. The summed E-state index contributed by atoms with van der Waals surface area (Å²) in [6, 6.07) is 4.10. The molecule has 0 spiro atoms. The Morgan fingerprint density at radius 3 is 2.39 bits per heavy atom. The third-order valence-corrected chi connectivity index (χ3v) is 5.32. The summed E-state index contributed by atoms with van der Waals surface area (Å²) in [7, 11) is 0. The van der Waals surface area contributed by atoms with E-state index >= 15 is 0 Å². The molecule has 0 radical (unpaired) electrons. The monoisotopic (exact) mass is 315 g/mol. The normalized spacial score (nSPS) is 17.7. The third kappa shape index (κ3) is 2.65. The van der Waals surface area contributed by atoms with Gasteiger partial charge in [0, 0.05) is 30.6 Å². The van der Waals surface area contributed by atoms with Crippen LogP contribution in [0.5, 0.6) is 0 Å². The first kappa shape index (κ1) is 16.1. The summed E-state index contributed by atoms with van der Waals surface area (Å²) in [5.74, 6) is 0.433. The fraction of sp³-hybridized carbons (Fsp3) is 0.526. The van der Waals surface area contributed by atoms with Crippen molar-refractivity contribution in [2.24, 2.45) is 5.41 Å². The summed E-state index contributed by atoms with van der Waals surface area (Å²) in [4.78, 5) is 14.7. The van der Waals surface area contributed by atoms with Gasteiger partial charge in [-0.15, -0.1) is 0 Å². The van der Waals surface area contributed by atoms with E-state index in [1.54, 1.807) is 0 Å². The van der Waals surface area contributed by atoms with Crippen molar-refractivity contribution in [3.8, 4) is 0 Å². The lowest BCUT2D eigenvalue weighted by molar-refractivity contribution is 0.0418. The summed E-state index contributed by atoms with van der Waals surface area (Å²) in [5.41, 5.74) is 3.88. The van der Waals surface area contributed by atoms with Crippen molar-refractivity contribution < 1.29 is 14.3 Å². The maximum Gasteiger partial charge on any atom is 0.289 e. The molecule has 4 nitrogen and oxygen atoms in total. The van der Waals surface area contributed by atoms with Crippen molar-refractivity contribution in [1.29, 1.82) is 0 Å².